The van der Waals surface area contributed by atoms with E-state index in [2.05, 4.69) is 15.4 Å². The quantitative estimate of drug-likeness (QED) is 0.506. The Labute approximate surface area is 98.4 Å². The van der Waals surface area contributed by atoms with E-state index in [9.17, 15) is 9.59 Å². The molecule has 0 saturated carbocycles. The summed E-state index contributed by atoms with van der Waals surface area (Å²) >= 11 is 0. The Morgan fingerprint density at radius 1 is 1.41 bits per heavy atom. The number of hydrogen-bond acceptors (Lipinski definition) is 5. The molecule has 0 aromatic carbocycles. The molecule has 0 aliphatic carbocycles. The highest BCUT2D eigenvalue weighted by atomic mass is 16.2. The van der Waals surface area contributed by atoms with Crippen molar-refractivity contribution in [3.8, 4) is 0 Å². The second-order valence-electron chi connectivity index (χ2n) is 3.57. The highest BCUT2D eigenvalue weighted by molar-refractivity contribution is 5.75. The minimum Gasteiger partial charge on any atom is -0.370 e. The third-order valence-corrected chi connectivity index (χ3v) is 2.03. The van der Waals surface area contributed by atoms with Gasteiger partial charge in [0.15, 0.2) is 0 Å². The number of hydrogen-bond donors (Lipinski definition) is 3. The molecule has 0 fully saturated rings. The summed E-state index contributed by atoms with van der Waals surface area (Å²) in [6, 6.07) is 0. The molecular weight excluding hydrogens is 224 g/mol. The largest absolute Gasteiger partial charge is 0.370 e. The van der Waals surface area contributed by atoms with Crippen LogP contribution in [0.15, 0.2) is 6.33 Å². The Morgan fingerprint density at radius 3 is 2.76 bits per heavy atom. The third-order valence-electron chi connectivity index (χ3n) is 2.03. The molecule has 1 heterocycles. The van der Waals surface area contributed by atoms with Crippen LogP contribution in [0.25, 0.3) is 0 Å². The van der Waals surface area contributed by atoms with E-state index in [0.717, 1.165) is 0 Å². The van der Waals surface area contributed by atoms with Crippen LogP contribution in [0.3, 0.4) is 0 Å². The monoisotopic (exact) mass is 240 g/mol. The van der Waals surface area contributed by atoms with Crippen LogP contribution < -0.4 is 16.8 Å². The van der Waals surface area contributed by atoms with Crippen molar-refractivity contribution in [2.24, 2.45) is 5.73 Å². The number of aromatic nitrogens is 3. The van der Waals surface area contributed by atoms with Gasteiger partial charge in [-0.25, -0.2) is 9.67 Å². The van der Waals surface area contributed by atoms with Crippen LogP contribution in [-0.2, 0) is 16.1 Å². The molecular formula is C9H16N6O2. The number of primary amides is 1. The van der Waals surface area contributed by atoms with E-state index in [0.29, 0.717) is 25.8 Å². The fourth-order valence-corrected chi connectivity index (χ4v) is 1.24. The molecule has 0 aliphatic heterocycles. The lowest BCUT2D eigenvalue weighted by Crippen LogP contribution is -2.28. The Kier molecular flexibility index (Phi) is 4.92. The molecule has 0 atom stereocenters. The number of amides is 2. The summed E-state index contributed by atoms with van der Waals surface area (Å²) in [6.45, 7) is 0.594. The maximum absolute atomic E-state index is 11.4. The van der Waals surface area contributed by atoms with Crippen molar-refractivity contribution in [2.45, 2.75) is 25.8 Å². The van der Waals surface area contributed by atoms with E-state index >= 15 is 0 Å². The summed E-state index contributed by atoms with van der Waals surface area (Å²) in [5, 5.41) is 6.47. The third kappa shape index (κ3) is 5.50. The lowest BCUT2D eigenvalue weighted by molar-refractivity contribution is -0.121. The first-order valence-electron chi connectivity index (χ1n) is 5.28. The Balaban J connectivity index is 2.11. The average Bonchev–Trinajstić information content (AvgIpc) is 2.63. The molecule has 0 bridgehead atoms. The molecule has 94 valence electrons. The molecule has 0 unspecified atom stereocenters. The van der Waals surface area contributed by atoms with E-state index in [1.807, 2.05) is 0 Å². The smallest absolute Gasteiger partial charge is 0.241 e. The second kappa shape index (κ2) is 6.46. The van der Waals surface area contributed by atoms with E-state index in [1.54, 1.807) is 0 Å². The number of unbranched alkanes of at least 4 members (excludes halogenated alkanes) is 1. The maximum Gasteiger partial charge on any atom is 0.241 e. The first-order chi connectivity index (χ1) is 8.08. The number of carbonyl (C=O) groups excluding carboxylic acids is 2. The van der Waals surface area contributed by atoms with Gasteiger partial charge in [-0.2, -0.15) is 0 Å². The van der Waals surface area contributed by atoms with Crippen LogP contribution in [0.4, 0.5) is 5.95 Å². The van der Waals surface area contributed by atoms with Gasteiger partial charge in [-0.15, -0.1) is 5.10 Å². The van der Waals surface area contributed by atoms with E-state index in [-0.39, 0.29) is 24.3 Å². The van der Waals surface area contributed by atoms with Crippen LogP contribution in [0.5, 0.6) is 0 Å². The number of nitrogens with two attached hydrogens (primary N) is 2. The van der Waals surface area contributed by atoms with Crippen molar-refractivity contribution in [2.75, 3.05) is 12.3 Å². The summed E-state index contributed by atoms with van der Waals surface area (Å²) in [6.07, 6.45) is 3.12. The van der Waals surface area contributed by atoms with E-state index in [4.69, 9.17) is 11.5 Å². The Morgan fingerprint density at radius 2 is 2.18 bits per heavy atom. The van der Waals surface area contributed by atoms with Crippen LogP contribution in [-0.4, -0.2) is 33.1 Å². The first kappa shape index (κ1) is 12.9. The van der Waals surface area contributed by atoms with Gasteiger partial charge in [-0.3, -0.25) is 9.59 Å². The maximum atomic E-state index is 11.4. The zero-order valence-corrected chi connectivity index (χ0v) is 9.43. The molecule has 1 aromatic rings. The van der Waals surface area contributed by atoms with Crippen molar-refractivity contribution in [3.05, 3.63) is 6.33 Å². The minimum absolute atomic E-state index is 0.0834. The van der Waals surface area contributed by atoms with Crippen molar-refractivity contribution in [1.82, 2.24) is 20.1 Å². The zero-order chi connectivity index (χ0) is 12.7. The Bertz CT molecular complexity index is 389. The highest BCUT2D eigenvalue weighted by Gasteiger charge is 2.03. The van der Waals surface area contributed by atoms with Gasteiger partial charge in [-0.05, 0) is 12.8 Å². The van der Waals surface area contributed by atoms with Gasteiger partial charge in [-0.1, -0.05) is 0 Å². The molecule has 17 heavy (non-hydrogen) atoms. The molecule has 0 aliphatic rings. The van der Waals surface area contributed by atoms with E-state index < -0.39 is 0 Å². The summed E-state index contributed by atoms with van der Waals surface area (Å²) in [7, 11) is 0. The van der Waals surface area contributed by atoms with Gasteiger partial charge in [0.1, 0.15) is 12.9 Å². The molecule has 2 amide bonds. The number of nitrogen functional groups attached to an aromatic ring is 1. The number of nitrogens with one attached hydrogen (secondary N) is 1. The van der Waals surface area contributed by atoms with Gasteiger partial charge in [0.2, 0.25) is 17.8 Å². The molecule has 8 nitrogen and oxygen atoms in total. The molecule has 1 rings (SSSR count). The predicted octanol–water partition coefficient (Wildman–Crippen LogP) is -1.37. The van der Waals surface area contributed by atoms with Crippen molar-refractivity contribution in [1.29, 1.82) is 0 Å². The van der Waals surface area contributed by atoms with Crippen molar-refractivity contribution < 1.29 is 9.59 Å². The number of anilines is 1. The fourth-order valence-electron chi connectivity index (χ4n) is 1.24. The summed E-state index contributed by atoms with van der Waals surface area (Å²) in [4.78, 5) is 25.5. The fraction of sp³-hybridized carbons (Fsp3) is 0.556. The van der Waals surface area contributed by atoms with Gasteiger partial charge in [0.05, 0.1) is 0 Å². The highest BCUT2D eigenvalue weighted by Crippen LogP contribution is 1.93. The minimum atomic E-state index is -0.325. The normalized spacial score (nSPS) is 10.1. The lowest BCUT2D eigenvalue weighted by atomic mass is 10.2. The lowest BCUT2D eigenvalue weighted by Gasteiger charge is -2.04. The molecule has 5 N–H and O–H groups in total. The molecule has 8 heteroatoms. The van der Waals surface area contributed by atoms with Gasteiger partial charge in [0.25, 0.3) is 0 Å². The van der Waals surface area contributed by atoms with Crippen LogP contribution in [0.1, 0.15) is 19.3 Å². The summed E-state index contributed by atoms with van der Waals surface area (Å²) < 4.78 is 1.36. The molecule has 0 spiro atoms. The molecule has 0 radical (unpaired) electrons. The van der Waals surface area contributed by atoms with Crippen molar-refractivity contribution >= 4 is 17.8 Å². The van der Waals surface area contributed by atoms with Crippen LogP contribution in [0, 0.1) is 0 Å². The van der Waals surface area contributed by atoms with Gasteiger partial charge >= 0.3 is 0 Å². The van der Waals surface area contributed by atoms with Crippen molar-refractivity contribution in [3.63, 3.8) is 0 Å². The number of nitrogens with zero attached hydrogens (tertiary/aromatic N) is 3. The number of rotatable bonds is 7. The Hall–Kier alpha value is -2.12. The average molecular weight is 240 g/mol. The summed E-state index contributed by atoms with van der Waals surface area (Å²) in [5.41, 5.74) is 10.3. The van der Waals surface area contributed by atoms with E-state index in [1.165, 1.54) is 11.0 Å². The standard InChI is InChI=1S/C9H16N6O2/c10-7(16)3-1-2-4-12-8(17)5-15-6-13-9(11)14-15/h6H,1-5H2,(H2,10,16)(H2,11,14)(H,12,17). The number of carbonyl (C=O) groups is 2. The van der Waals surface area contributed by atoms with Crippen LogP contribution >= 0.6 is 0 Å². The SMILES string of the molecule is NC(=O)CCCCNC(=O)Cn1cnc(N)n1. The zero-order valence-electron chi connectivity index (χ0n) is 9.43. The van der Waals surface area contributed by atoms with Crippen LogP contribution in [0.2, 0.25) is 0 Å². The predicted molar refractivity (Wildman–Crippen MR) is 60.5 cm³/mol. The second-order valence-corrected chi connectivity index (χ2v) is 3.57. The van der Waals surface area contributed by atoms with Gasteiger partial charge < -0.3 is 16.8 Å². The topological polar surface area (TPSA) is 129 Å². The molecule has 0 saturated heterocycles. The van der Waals surface area contributed by atoms with Gasteiger partial charge in [0, 0.05) is 13.0 Å². The molecule has 1 aromatic heterocycles. The first-order valence-corrected chi connectivity index (χ1v) is 5.28. The summed E-state index contributed by atoms with van der Waals surface area (Å²) in [5.74, 6) is -0.359.